The molecule has 0 unspecified atom stereocenters. The summed E-state index contributed by atoms with van der Waals surface area (Å²) in [5.41, 5.74) is 11.7. The van der Waals surface area contributed by atoms with Gasteiger partial charge < -0.3 is 8.83 Å². The van der Waals surface area contributed by atoms with Crippen molar-refractivity contribution in [3.63, 3.8) is 0 Å². The number of hydrogen-bond donors (Lipinski definition) is 0. The van der Waals surface area contributed by atoms with E-state index in [1.807, 2.05) is 97.2 Å². The van der Waals surface area contributed by atoms with Crippen LogP contribution in [0, 0.1) is 0 Å². The summed E-state index contributed by atoms with van der Waals surface area (Å²) >= 11 is 0. The van der Waals surface area contributed by atoms with Crippen molar-refractivity contribution in [2.24, 2.45) is 0 Å². The molecule has 0 aliphatic carbocycles. The average Bonchev–Trinajstić information content (AvgIpc) is 3.77. The first kappa shape index (κ1) is 28.2. The van der Waals surface area contributed by atoms with Gasteiger partial charge in [-0.3, -0.25) is 4.98 Å². The Balaban J connectivity index is 1.22. The van der Waals surface area contributed by atoms with Crippen LogP contribution in [0.3, 0.4) is 0 Å². The van der Waals surface area contributed by atoms with Gasteiger partial charge in [0, 0.05) is 55.6 Å². The second-order valence-corrected chi connectivity index (χ2v) is 12.4. The monoisotopic (exact) mass is 641 g/mol. The maximum Gasteiger partial charge on any atom is 0.160 e. The lowest BCUT2D eigenvalue weighted by atomic mass is 9.95. The van der Waals surface area contributed by atoms with Gasteiger partial charge in [-0.25, -0.2) is 9.97 Å². The first-order chi connectivity index (χ1) is 24.8. The second kappa shape index (κ2) is 11.4. The molecule has 0 saturated heterocycles. The van der Waals surface area contributed by atoms with Crippen LogP contribution in [0.25, 0.3) is 100 Å². The SMILES string of the molecule is c1ccc(-c2nc(-c3ccccc3-c3ccccn3)cc(-c3ccc(-c4ccc5c(c4)oc4ccccc45)c4oc5ccccc5c34)n2)cc1. The molecule has 4 heterocycles. The fourth-order valence-corrected chi connectivity index (χ4v) is 7.05. The molecule has 0 N–H and O–H groups in total. The van der Waals surface area contributed by atoms with Crippen molar-refractivity contribution in [2.45, 2.75) is 0 Å². The van der Waals surface area contributed by atoms with Gasteiger partial charge in [0.2, 0.25) is 0 Å². The smallest absolute Gasteiger partial charge is 0.160 e. The molecule has 0 atom stereocenters. The van der Waals surface area contributed by atoms with Gasteiger partial charge in [0.15, 0.2) is 5.82 Å². The molecule has 0 amide bonds. The lowest BCUT2D eigenvalue weighted by molar-refractivity contribution is 0.668. The molecular formula is C45H27N3O2. The summed E-state index contributed by atoms with van der Waals surface area (Å²) in [4.78, 5) is 15.0. The Bertz CT molecular complexity index is 2870. The van der Waals surface area contributed by atoms with Gasteiger partial charge in [0.25, 0.3) is 0 Å². The predicted octanol–water partition coefficient (Wildman–Crippen LogP) is 12.0. The molecule has 10 rings (SSSR count). The number of fused-ring (bicyclic) bond motifs is 6. The highest BCUT2D eigenvalue weighted by atomic mass is 16.3. The van der Waals surface area contributed by atoms with E-state index in [1.54, 1.807) is 0 Å². The van der Waals surface area contributed by atoms with Gasteiger partial charge in [0.05, 0.1) is 17.1 Å². The zero-order valence-electron chi connectivity index (χ0n) is 26.7. The van der Waals surface area contributed by atoms with Crippen LogP contribution in [-0.4, -0.2) is 15.0 Å². The van der Waals surface area contributed by atoms with Crippen molar-refractivity contribution >= 4 is 43.9 Å². The van der Waals surface area contributed by atoms with Crippen LogP contribution in [-0.2, 0) is 0 Å². The first-order valence-corrected chi connectivity index (χ1v) is 16.6. The number of hydrogen-bond acceptors (Lipinski definition) is 5. The summed E-state index contributed by atoms with van der Waals surface area (Å²) in [7, 11) is 0. The maximum absolute atomic E-state index is 6.70. The molecule has 6 aromatic carbocycles. The molecular weight excluding hydrogens is 615 g/mol. The molecule has 0 spiro atoms. The molecule has 0 saturated carbocycles. The van der Waals surface area contributed by atoms with Crippen LogP contribution in [0.2, 0.25) is 0 Å². The summed E-state index contributed by atoms with van der Waals surface area (Å²) in [5.74, 6) is 0.647. The second-order valence-electron chi connectivity index (χ2n) is 12.4. The van der Waals surface area contributed by atoms with E-state index in [2.05, 4.69) is 71.7 Å². The summed E-state index contributed by atoms with van der Waals surface area (Å²) in [5, 5.41) is 4.23. The molecule has 4 aromatic heterocycles. The first-order valence-electron chi connectivity index (χ1n) is 16.6. The quantitative estimate of drug-likeness (QED) is 0.187. The normalized spacial score (nSPS) is 11.6. The van der Waals surface area contributed by atoms with Crippen molar-refractivity contribution < 1.29 is 8.83 Å². The van der Waals surface area contributed by atoms with Crippen molar-refractivity contribution in [1.82, 2.24) is 15.0 Å². The molecule has 0 fully saturated rings. The zero-order valence-corrected chi connectivity index (χ0v) is 26.7. The minimum Gasteiger partial charge on any atom is -0.456 e. The van der Waals surface area contributed by atoms with E-state index in [4.69, 9.17) is 18.8 Å². The van der Waals surface area contributed by atoms with Crippen molar-refractivity contribution in [1.29, 1.82) is 0 Å². The maximum atomic E-state index is 6.70. The van der Waals surface area contributed by atoms with E-state index < -0.39 is 0 Å². The van der Waals surface area contributed by atoms with Crippen LogP contribution in [0.15, 0.2) is 173 Å². The number of benzene rings is 6. The lowest BCUT2D eigenvalue weighted by Gasteiger charge is -2.13. The van der Waals surface area contributed by atoms with Crippen molar-refractivity contribution in [3.05, 3.63) is 164 Å². The number of furan rings is 2. The summed E-state index contributed by atoms with van der Waals surface area (Å²) in [6.45, 7) is 0. The number of rotatable bonds is 5. The van der Waals surface area contributed by atoms with E-state index >= 15 is 0 Å². The van der Waals surface area contributed by atoms with E-state index in [0.717, 1.165) is 94.3 Å². The number of para-hydroxylation sites is 2. The third-order valence-electron chi connectivity index (χ3n) is 9.39. The minimum atomic E-state index is 0.647. The Morgan fingerprint density at radius 2 is 1.02 bits per heavy atom. The van der Waals surface area contributed by atoms with Crippen molar-refractivity contribution in [3.8, 4) is 56.3 Å². The van der Waals surface area contributed by atoms with Gasteiger partial charge in [0.1, 0.15) is 22.3 Å². The van der Waals surface area contributed by atoms with Crippen LogP contribution < -0.4 is 0 Å². The van der Waals surface area contributed by atoms with Crippen molar-refractivity contribution in [2.75, 3.05) is 0 Å². The number of aromatic nitrogens is 3. The Morgan fingerprint density at radius 1 is 0.380 bits per heavy atom. The molecule has 5 heteroatoms. The summed E-state index contributed by atoms with van der Waals surface area (Å²) in [6, 6.07) is 53.5. The van der Waals surface area contributed by atoms with Gasteiger partial charge >= 0.3 is 0 Å². The van der Waals surface area contributed by atoms with Crippen LogP contribution >= 0.6 is 0 Å². The topological polar surface area (TPSA) is 65.0 Å². The lowest BCUT2D eigenvalue weighted by Crippen LogP contribution is -1.97. The Kier molecular flexibility index (Phi) is 6.42. The third kappa shape index (κ3) is 4.60. The number of nitrogens with zero attached hydrogens (tertiary/aromatic N) is 3. The Labute approximate surface area is 287 Å². The van der Waals surface area contributed by atoms with E-state index in [0.29, 0.717) is 5.82 Å². The highest BCUT2D eigenvalue weighted by molar-refractivity contribution is 6.16. The minimum absolute atomic E-state index is 0.647. The molecule has 5 nitrogen and oxygen atoms in total. The number of pyridine rings is 1. The highest BCUT2D eigenvalue weighted by Crippen LogP contribution is 2.43. The molecule has 50 heavy (non-hydrogen) atoms. The summed E-state index contributed by atoms with van der Waals surface area (Å²) < 4.78 is 13.0. The van der Waals surface area contributed by atoms with Gasteiger partial charge in [-0.15, -0.1) is 0 Å². The molecule has 234 valence electrons. The Morgan fingerprint density at radius 3 is 1.82 bits per heavy atom. The van der Waals surface area contributed by atoms with Gasteiger partial charge in [-0.2, -0.15) is 0 Å². The summed E-state index contributed by atoms with van der Waals surface area (Å²) in [6.07, 6.45) is 1.82. The van der Waals surface area contributed by atoms with E-state index in [-0.39, 0.29) is 0 Å². The van der Waals surface area contributed by atoms with Crippen LogP contribution in [0.5, 0.6) is 0 Å². The molecule has 0 bridgehead atoms. The molecule has 10 aromatic rings. The zero-order chi connectivity index (χ0) is 33.0. The standard InChI is InChI=1S/C45H27N3O2/c1-2-12-28(13-3-1)45-47-38(32-15-5-4-14-31(32)37-18-10-11-25-46-37)27-39(48-45)35-24-23-30(44-43(35)36-17-7-9-20-41(36)50-44)29-21-22-34-33-16-6-8-19-40(33)49-42(34)26-29/h1-27H. The molecule has 0 radical (unpaired) electrons. The fourth-order valence-electron chi connectivity index (χ4n) is 7.05. The highest BCUT2D eigenvalue weighted by Gasteiger charge is 2.21. The fraction of sp³-hybridized carbons (Fsp3) is 0. The molecule has 0 aliphatic rings. The average molecular weight is 642 g/mol. The van der Waals surface area contributed by atoms with Gasteiger partial charge in [-0.1, -0.05) is 109 Å². The largest absolute Gasteiger partial charge is 0.456 e. The van der Waals surface area contributed by atoms with Crippen LogP contribution in [0.1, 0.15) is 0 Å². The predicted molar refractivity (Wildman–Crippen MR) is 202 cm³/mol. The van der Waals surface area contributed by atoms with Crippen LogP contribution in [0.4, 0.5) is 0 Å². The third-order valence-corrected chi connectivity index (χ3v) is 9.39. The van der Waals surface area contributed by atoms with E-state index in [9.17, 15) is 0 Å². The van der Waals surface area contributed by atoms with E-state index in [1.165, 1.54) is 0 Å². The molecule has 0 aliphatic heterocycles. The van der Waals surface area contributed by atoms with Gasteiger partial charge in [-0.05, 0) is 54.1 Å². The Hall–Kier alpha value is -6.85.